The number of rotatable bonds is 4. The Balaban J connectivity index is 0. The molecule has 6 heteroatoms. The van der Waals surface area contributed by atoms with Gasteiger partial charge in [-0.2, -0.15) is 8.42 Å². The Morgan fingerprint density at radius 1 is 1.40 bits per heavy atom. The summed E-state index contributed by atoms with van der Waals surface area (Å²) in [6.45, 7) is 1.75. The van der Waals surface area contributed by atoms with Crippen molar-refractivity contribution in [1.29, 1.82) is 0 Å². The highest BCUT2D eigenvalue weighted by Gasteiger charge is 2.08. The number of hydrogen-bond acceptors (Lipinski definition) is 4. The van der Waals surface area contributed by atoms with Crippen molar-refractivity contribution >= 4 is 22.5 Å². The Bertz CT molecular complexity index is 141. The summed E-state index contributed by atoms with van der Waals surface area (Å²) in [6.07, 6.45) is 0.533. The van der Waals surface area contributed by atoms with Crippen LogP contribution in [0.2, 0.25) is 0 Å². The summed E-state index contributed by atoms with van der Waals surface area (Å²) in [6, 6.07) is 0. The fourth-order valence-corrected chi connectivity index (χ4v) is 1.16. The molecule has 0 unspecified atom stereocenters. The molecule has 0 radical (unpaired) electrons. The maximum atomic E-state index is 10.5. The molecule has 0 N–H and O–H groups in total. The van der Waals surface area contributed by atoms with Gasteiger partial charge in [-0.3, -0.25) is 0 Å². The molecular weight excluding hydrogens is 180 g/mol. The van der Waals surface area contributed by atoms with E-state index in [4.69, 9.17) is 0 Å². The molecule has 0 rings (SSSR count). The molecule has 10 heavy (non-hydrogen) atoms. The Morgan fingerprint density at radius 2 is 1.90 bits per heavy atom. The third-order valence-electron chi connectivity index (χ3n) is 0.626. The van der Waals surface area contributed by atoms with E-state index in [1.807, 2.05) is 0 Å². The smallest absolute Gasteiger partial charge is 0.223 e. The molecule has 0 saturated heterocycles. The van der Waals surface area contributed by atoms with Gasteiger partial charge < -0.3 is 0 Å². The predicted octanol–water partition coefficient (Wildman–Crippen LogP) is 0.726. The van der Waals surface area contributed by atoms with Crippen molar-refractivity contribution in [3.63, 3.8) is 0 Å². The van der Waals surface area contributed by atoms with E-state index in [1.165, 1.54) is 0 Å². The molecule has 0 atom stereocenters. The summed E-state index contributed by atoms with van der Waals surface area (Å²) in [5, 5.41) is 0. The molecule has 0 fully saturated rings. The van der Waals surface area contributed by atoms with Crippen LogP contribution >= 0.6 is 12.4 Å². The molecule has 0 spiro atoms. The Morgan fingerprint density at radius 3 is 2.20 bits per heavy atom. The minimum Gasteiger partial charge on any atom is -0.223 e. The first-order valence-corrected chi connectivity index (χ1v) is 4.15. The maximum Gasteiger partial charge on any atom is 0.293 e. The molecule has 0 amide bonds. The second kappa shape index (κ2) is 5.91. The zero-order valence-electron chi connectivity index (χ0n) is 5.86. The van der Waals surface area contributed by atoms with Crippen molar-refractivity contribution in [1.82, 2.24) is 0 Å². The minimum atomic E-state index is -3.40. The van der Waals surface area contributed by atoms with E-state index in [0.717, 1.165) is 7.11 Å². The second-order valence-corrected chi connectivity index (χ2v) is 3.16. The van der Waals surface area contributed by atoms with E-state index >= 15 is 0 Å². The number of hydrogen-bond donors (Lipinski definition) is 0. The van der Waals surface area contributed by atoms with Crippen LogP contribution in [0, 0.1) is 0 Å². The van der Waals surface area contributed by atoms with Crippen LogP contribution in [-0.4, -0.2) is 21.3 Å². The topological polar surface area (TPSA) is 52.6 Å². The summed E-state index contributed by atoms with van der Waals surface area (Å²) in [7, 11) is -2.24. The normalized spacial score (nSPS) is 10.6. The highest BCUT2D eigenvalue weighted by atomic mass is 35.5. The van der Waals surface area contributed by atoms with Crippen LogP contribution in [0.15, 0.2) is 0 Å². The van der Waals surface area contributed by atoms with Crippen LogP contribution in [0.3, 0.4) is 0 Å². The first kappa shape index (κ1) is 12.8. The van der Waals surface area contributed by atoms with Crippen molar-refractivity contribution in [3.8, 4) is 0 Å². The van der Waals surface area contributed by atoms with E-state index in [2.05, 4.69) is 9.22 Å². The fourth-order valence-electron chi connectivity index (χ4n) is 0.388. The average molecular weight is 191 g/mol. The zero-order chi connectivity index (χ0) is 7.33. The van der Waals surface area contributed by atoms with Crippen molar-refractivity contribution < 1.29 is 17.6 Å². The van der Waals surface area contributed by atoms with Gasteiger partial charge in [-0.1, -0.05) is 6.92 Å². The molecule has 0 aliphatic rings. The average Bonchev–Trinajstić information content (AvgIpc) is 1.64. The van der Waals surface area contributed by atoms with Gasteiger partial charge in [0.2, 0.25) is 0 Å². The molecule has 0 aromatic carbocycles. The molecule has 64 valence electrons. The van der Waals surface area contributed by atoms with Crippen molar-refractivity contribution in [3.05, 3.63) is 0 Å². The van der Waals surface area contributed by atoms with Crippen molar-refractivity contribution in [2.75, 3.05) is 12.9 Å². The van der Waals surface area contributed by atoms with Crippen LogP contribution in [-0.2, 0) is 19.3 Å². The minimum absolute atomic E-state index is 0. The molecule has 0 heterocycles. The molecule has 0 aromatic rings. The summed E-state index contributed by atoms with van der Waals surface area (Å²) in [4.78, 5) is 3.97. The van der Waals surface area contributed by atoms with E-state index in [0.29, 0.717) is 6.42 Å². The van der Waals surface area contributed by atoms with Gasteiger partial charge in [-0.05, 0) is 6.42 Å². The summed E-state index contributed by atoms with van der Waals surface area (Å²) < 4.78 is 24.9. The van der Waals surface area contributed by atoms with Crippen LogP contribution in [0.1, 0.15) is 13.3 Å². The van der Waals surface area contributed by atoms with Crippen LogP contribution in [0.5, 0.6) is 0 Å². The van der Waals surface area contributed by atoms with Crippen LogP contribution in [0.4, 0.5) is 0 Å². The highest BCUT2D eigenvalue weighted by Crippen LogP contribution is 1.94. The largest absolute Gasteiger partial charge is 0.293 e. The third-order valence-corrected chi connectivity index (χ3v) is 1.88. The number of halogens is 1. The Labute approximate surface area is 67.0 Å². The van der Waals surface area contributed by atoms with E-state index < -0.39 is 10.1 Å². The van der Waals surface area contributed by atoms with Gasteiger partial charge in [-0.15, -0.1) is 16.7 Å². The fraction of sp³-hybridized carbons (Fsp3) is 1.00. The Hall–Kier alpha value is 0.160. The summed E-state index contributed by atoms with van der Waals surface area (Å²) >= 11 is 0. The standard InChI is InChI=1S/C4H10O4S.ClH/c1-3-4-9(5,6)8-7-2;/h3-4H2,1-2H3;1H. The SMILES string of the molecule is CCCS(=O)(=O)OOC.Cl. The molecule has 0 saturated carbocycles. The lowest BCUT2D eigenvalue weighted by Crippen LogP contribution is -2.08. The molecule has 0 aliphatic heterocycles. The first-order chi connectivity index (χ1) is 4.12. The first-order valence-electron chi connectivity index (χ1n) is 2.57. The zero-order valence-corrected chi connectivity index (χ0v) is 7.50. The lowest BCUT2D eigenvalue weighted by Gasteiger charge is -1.97. The molecule has 4 nitrogen and oxygen atoms in total. The van der Waals surface area contributed by atoms with E-state index in [9.17, 15) is 8.42 Å². The van der Waals surface area contributed by atoms with Crippen molar-refractivity contribution in [2.45, 2.75) is 13.3 Å². The molecular formula is C4H11ClO4S. The predicted molar refractivity (Wildman–Crippen MR) is 39.4 cm³/mol. The van der Waals surface area contributed by atoms with Gasteiger partial charge in [0.15, 0.2) is 0 Å². The van der Waals surface area contributed by atoms with E-state index in [1.54, 1.807) is 6.92 Å². The lowest BCUT2D eigenvalue weighted by molar-refractivity contribution is -0.172. The lowest BCUT2D eigenvalue weighted by atomic mass is 10.6. The van der Waals surface area contributed by atoms with Gasteiger partial charge in [-0.25, -0.2) is 4.89 Å². The van der Waals surface area contributed by atoms with Gasteiger partial charge >= 0.3 is 0 Å². The molecule has 0 aromatic heterocycles. The van der Waals surface area contributed by atoms with E-state index in [-0.39, 0.29) is 18.2 Å². The third kappa shape index (κ3) is 6.28. The molecule has 0 bridgehead atoms. The van der Waals surface area contributed by atoms with Crippen LogP contribution < -0.4 is 0 Å². The van der Waals surface area contributed by atoms with Crippen LogP contribution in [0.25, 0.3) is 0 Å². The second-order valence-electron chi connectivity index (χ2n) is 1.50. The van der Waals surface area contributed by atoms with Gasteiger partial charge in [0, 0.05) is 0 Å². The molecule has 0 aliphatic carbocycles. The van der Waals surface area contributed by atoms with Crippen molar-refractivity contribution in [2.24, 2.45) is 0 Å². The Kier molecular flexibility index (Phi) is 7.56. The monoisotopic (exact) mass is 190 g/mol. The van der Waals surface area contributed by atoms with Gasteiger partial charge in [0.25, 0.3) is 10.1 Å². The highest BCUT2D eigenvalue weighted by molar-refractivity contribution is 7.86. The summed E-state index contributed by atoms with van der Waals surface area (Å²) in [5.41, 5.74) is 0. The van der Waals surface area contributed by atoms with Gasteiger partial charge in [0.1, 0.15) is 0 Å². The quantitative estimate of drug-likeness (QED) is 0.485. The van der Waals surface area contributed by atoms with Gasteiger partial charge in [0.05, 0.1) is 12.9 Å². The summed E-state index contributed by atoms with van der Waals surface area (Å²) in [5.74, 6) is 0.000833. The maximum absolute atomic E-state index is 10.5.